The van der Waals surface area contributed by atoms with Crippen molar-refractivity contribution in [3.05, 3.63) is 95.3 Å². The number of carbonyl (C=O) groups is 2. The Hall–Kier alpha value is -3.48. The van der Waals surface area contributed by atoms with Crippen LogP contribution >= 0.6 is 0 Å². The number of benzene rings is 2. The summed E-state index contributed by atoms with van der Waals surface area (Å²) >= 11 is 0. The standard InChI is InChI=1S/C31H37F2N3O2/c1-3-23(2)35(31(38)25-13-17-27(33)18-14-25)22-30(37)36(28-8-5-4-6-9-28)21-29-10-7-19-34(29)20-24-11-15-26(32)16-12-24/h7,10-19,23,28H,3-6,8-9,20-22H2,1-2H3. The SMILES string of the molecule is CCC(C)N(CC(=O)N(Cc1cccn1Cc1ccc(F)cc1)C1CCCCC1)C(=O)c1ccc(F)cc1. The molecule has 0 N–H and O–H groups in total. The lowest BCUT2D eigenvalue weighted by Crippen LogP contribution is -2.49. The minimum absolute atomic E-state index is 0.0274. The summed E-state index contributed by atoms with van der Waals surface area (Å²) in [6, 6.07) is 15.9. The molecule has 3 aromatic rings. The van der Waals surface area contributed by atoms with E-state index in [4.69, 9.17) is 0 Å². The molecule has 1 saturated carbocycles. The molecule has 1 aliphatic carbocycles. The van der Waals surface area contributed by atoms with Crippen molar-refractivity contribution in [2.75, 3.05) is 6.54 Å². The molecule has 0 radical (unpaired) electrons. The molecular formula is C31H37F2N3O2. The van der Waals surface area contributed by atoms with Gasteiger partial charge in [-0.1, -0.05) is 38.3 Å². The molecule has 1 aromatic heterocycles. The van der Waals surface area contributed by atoms with Gasteiger partial charge in [-0.2, -0.15) is 0 Å². The molecule has 202 valence electrons. The predicted molar refractivity (Wildman–Crippen MR) is 145 cm³/mol. The summed E-state index contributed by atoms with van der Waals surface area (Å²) in [5.41, 5.74) is 2.34. The summed E-state index contributed by atoms with van der Waals surface area (Å²) in [6.45, 7) is 4.92. The smallest absolute Gasteiger partial charge is 0.254 e. The van der Waals surface area contributed by atoms with Gasteiger partial charge < -0.3 is 14.4 Å². The predicted octanol–water partition coefficient (Wildman–Crippen LogP) is 6.42. The second-order valence-corrected chi connectivity index (χ2v) is 10.3. The molecule has 4 rings (SSSR count). The Kier molecular flexibility index (Phi) is 9.32. The van der Waals surface area contributed by atoms with Crippen molar-refractivity contribution in [1.82, 2.24) is 14.4 Å². The molecule has 1 heterocycles. The van der Waals surface area contributed by atoms with Crippen LogP contribution in [-0.2, 0) is 17.9 Å². The highest BCUT2D eigenvalue weighted by Crippen LogP contribution is 2.25. The van der Waals surface area contributed by atoms with E-state index >= 15 is 0 Å². The highest BCUT2D eigenvalue weighted by molar-refractivity contribution is 5.96. The van der Waals surface area contributed by atoms with Crippen LogP contribution in [0.1, 0.15) is 74.0 Å². The second kappa shape index (κ2) is 12.9. The van der Waals surface area contributed by atoms with Gasteiger partial charge in [0.05, 0.1) is 6.54 Å². The van der Waals surface area contributed by atoms with Crippen LogP contribution in [0.25, 0.3) is 0 Å². The van der Waals surface area contributed by atoms with Crippen LogP contribution in [0.4, 0.5) is 8.78 Å². The van der Waals surface area contributed by atoms with E-state index in [0.29, 0.717) is 25.1 Å². The van der Waals surface area contributed by atoms with Gasteiger partial charge in [0.15, 0.2) is 0 Å². The fourth-order valence-corrected chi connectivity index (χ4v) is 5.16. The summed E-state index contributed by atoms with van der Waals surface area (Å²) in [6.07, 6.45) is 7.89. The lowest BCUT2D eigenvalue weighted by molar-refractivity contribution is -0.136. The van der Waals surface area contributed by atoms with E-state index in [9.17, 15) is 18.4 Å². The number of halogens is 2. The maximum atomic E-state index is 13.9. The number of nitrogens with zero attached hydrogens (tertiary/aromatic N) is 3. The first-order chi connectivity index (χ1) is 18.4. The van der Waals surface area contributed by atoms with E-state index < -0.39 is 5.82 Å². The molecule has 0 aliphatic heterocycles. The highest BCUT2D eigenvalue weighted by atomic mass is 19.1. The number of amides is 2. The number of rotatable bonds is 10. The van der Waals surface area contributed by atoms with Gasteiger partial charge in [-0.25, -0.2) is 8.78 Å². The lowest BCUT2D eigenvalue weighted by atomic mass is 9.94. The van der Waals surface area contributed by atoms with Crippen molar-refractivity contribution in [3.8, 4) is 0 Å². The number of carbonyl (C=O) groups excluding carboxylic acids is 2. The Morgan fingerprint density at radius 1 is 0.947 bits per heavy atom. The molecule has 7 heteroatoms. The largest absolute Gasteiger partial charge is 0.345 e. The molecule has 2 aromatic carbocycles. The van der Waals surface area contributed by atoms with Gasteiger partial charge in [0.1, 0.15) is 18.2 Å². The van der Waals surface area contributed by atoms with E-state index in [-0.39, 0.29) is 36.3 Å². The Morgan fingerprint density at radius 3 is 2.21 bits per heavy atom. The number of aromatic nitrogens is 1. The zero-order valence-electron chi connectivity index (χ0n) is 22.3. The summed E-state index contributed by atoms with van der Waals surface area (Å²) in [7, 11) is 0. The fourth-order valence-electron chi connectivity index (χ4n) is 5.16. The third-order valence-corrected chi connectivity index (χ3v) is 7.64. The third-order valence-electron chi connectivity index (χ3n) is 7.64. The van der Waals surface area contributed by atoms with E-state index in [1.165, 1.54) is 42.8 Å². The van der Waals surface area contributed by atoms with Crippen LogP contribution in [-0.4, -0.2) is 44.8 Å². The molecule has 0 spiro atoms. The molecule has 1 fully saturated rings. The van der Waals surface area contributed by atoms with Crippen molar-refractivity contribution in [1.29, 1.82) is 0 Å². The molecule has 1 aliphatic rings. The lowest BCUT2D eigenvalue weighted by Gasteiger charge is -2.37. The van der Waals surface area contributed by atoms with Gasteiger partial charge in [-0.3, -0.25) is 9.59 Å². The van der Waals surface area contributed by atoms with Crippen molar-refractivity contribution in [2.24, 2.45) is 0 Å². The fraction of sp³-hybridized carbons (Fsp3) is 0.419. The van der Waals surface area contributed by atoms with Gasteiger partial charge in [0.2, 0.25) is 5.91 Å². The minimum Gasteiger partial charge on any atom is -0.345 e. The summed E-state index contributed by atoms with van der Waals surface area (Å²) in [4.78, 5) is 30.9. The molecule has 38 heavy (non-hydrogen) atoms. The van der Waals surface area contributed by atoms with Crippen molar-refractivity contribution in [2.45, 2.75) is 77.5 Å². The first kappa shape index (κ1) is 27.6. The maximum Gasteiger partial charge on any atom is 0.254 e. The van der Waals surface area contributed by atoms with Crippen LogP contribution < -0.4 is 0 Å². The molecule has 0 bridgehead atoms. The van der Waals surface area contributed by atoms with Crippen LogP contribution in [0.2, 0.25) is 0 Å². The first-order valence-corrected chi connectivity index (χ1v) is 13.6. The average Bonchev–Trinajstić information content (AvgIpc) is 3.38. The average molecular weight is 522 g/mol. The van der Waals surface area contributed by atoms with Gasteiger partial charge in [-0.15, -0.1) is 0 Å². The summed E-state index contributed by atoms with van der Waals surface area (Å²) in [5.74, 6) is -1.02. The molecule has 1 unspecified atom stereocenters. The monoisotopic (exact) mass is 521 g/mol. The Labute approximate surface area is 224 Å². The number of hydrogen-bond donors (Lipinski definition) is 0. The van der Waals surface area contributed by atoms with Gasteiger partial charge in [0, 0.05) is 36.1 Å². The quantitative estimate of drug-likeness (QED) is 0.309. The molecular weight excluding hydrogens is 484 g/mol. The summed E-state index contributed by atoms with van der Waals surface area (Å²) < 4.78 is 28.9. The first-order valence-electron chi connectivity index (χ1n) is 13.6. The topological polar surface area (TPSA) is 45.6 Å². The number of hydrogen-bond acceptors (Lipinski definition) is 2. The normalized spacial score (nSPS) is 14.7. The van der Waals surface area contributed by atoms with Gasteiger partial charge >= 0.3 is 0 Å². The van der Waals surface area contributed by atoms with Crippen molar-refractivity contribution >= 4 is 11.8 Å². The third kappa shape index (κ3) is 6.88. The second-order valence-electron chi connectivity index (χ2n) is 10.3. The van der Waals surface area contributed by atoms with E-state index in [0.717, 1.165) is 36.9 Å². The Morgan fingerprint density at radius 2 is 1.58 bits per heavy atom. The van der Waals surface area contributed by atoms with Crippen LogP contribution in [0, 0.1) is 11.6 Å². The van der Waals surface area contributed by atoms with Crippen LogP contribution in [0.15, 0.2) is 66.9 Å². The van der Waals surface area contributed by atoms with Crippen LogP contribution in [0.3, 0.4) is 0 Å². The minimum atomic E-state index is -0.403. The van der Waals surface area contributed by atoms with Crippen molar-refractivity contribution in [3.63, 3.8) is 0 Å². The van der Waals surface area contributed by atoms with E-state index in [1.807, 2.05) is 37.1 Å². The highest BCUT2D eigenvalue weighted by Gasteiger charge is 2.30. The zero-order chi connectivity index (χ0) is 27.1. The Balaban J connectivity index is 1.56. The molecule has 5 nitrogen and oxygen atoms in total. The maximum absolute atomic E-state index is 13.9. The van der Waals surface area contributed by atoms with E-state index in [1.54, 1.807) is 17.0 Å². The summed E-state index contributed by atoms with van der Waals surface area (Å²) in [5, 5.41) is 0. The molecule has 0 saturated heterocycles. The Bertz CT molecular complexity index is 1200. The van der Waals surface area contributed by atoms with Gasteiger partial charge in [-0.05, 0) is 80.3 Å². The molecule has 1 atom stereocenters. The molecule has 2 amide bonds. The van der Waals surface area contributed by atoms with Gasteiger partial charge in [0.25, 0.3) is 5.91 Å². The van der Waals surface area contributed by atoms with Crippen molar-refractivity contribution < 1.29 is 18.4 Å². The van der Waals surface area contributed by atoms with Crippen LogP contribution in [0.5, 0.6) is 0 Å². The zero-order valence-corrected chi connectivity index (χ0v) is 22.3. The van der Waals surface area contributed by atoms with E-state index in [2.05, 4.69) is 4.57 Å².